The average Bonchev–Trinajstić information content (AvgIpc) is 2.30. The van der Waals surface area contributed by atoms with Crippen molar-refractivity contribution >= 4 is 21.8 Å². The van der Waals surface area contributed by atoms with Crippen LogP contribution in [0.15, 0.2) is 24.3 Å². The first-order valence-electron chi connectivity index (χ1n) is 5.93. The topological polar surface area (TPSA) is 20.3 Å². The summed E-state index contributed by atoms with van der Waals surface area (Å²) in [4.78, 5) is 13.4. The van der Waals surface area contributed by atoms with E-state index in [2.05, 4.69) is 54.0 Å². The van der Waals surface area contributed by atoms with E-state index in [4.69, 9.17) is 0 Å². The molecule has 0 spiro atoms. The van der Waals surface area contributed by atoms with E-state index in [1.807, 2.05) is 7.05 Å². The molecule has 0 bridgehead atoms. The van der Waals surface area contributed by atoms with E-state index in [1.54, 1.807) is 4.90 Å². The van der Waals surface area contributed by atoms with E-state index in [0.717, 1.165) is 5.33 Å². The summed E-state index contributed by atoms with van der Waals surface area (Å²) in [6.45, 7) is 5.05. The van der Waals surface area contributed by atoms with Crippen molar-refractivity contribution in [2.45, 2.75) is 32.7 Å². The summed E-state index contributed by atoms with van der Waals surface area (Å²) in [7, 11) is 1.85. The zero-order valence-corrected chi connectivity index (χ0v) is 12.3. The fourth-order valence-electron chi connectivity index (χ4n) is 1.64. The van der Waals surface area contributed by atoms with Gasteiger partial charge in [-0.2, -0.15) is 0 Å². The van der Waals surface area contributed by atoms with E-state index >= 15 is 0 Å². The molecule has 0 aliphatic rings. The molecule has 0 unspecified atom stereocenters. The van der Waals surface area contributed by atoms with Gasteiger partial charge in [0.15, 0.2) is 0 Å². The van der Waals surface area contributed by atoms with Crippen LogP contribution in [-0.4, -0.2) is 23.2 Å². The first-order valence-corrected chi connectivity index (χ1v) is 7.05. The largest absolute Gasteiger partial charge is 0.341 e. The van der Waals surface area contributed by atoms with Crippen molar-refractivity contribution in [3.63, 3.8) is 0 Å². The van der Waals surface area contributed by atoms with Crippen LogP contribution in [0.4, 0.5) is 0 Å². The summed E-state index contributed by atoms with van der Waals surface area (Å²) in [5.41, 5.74) is 2.52. The molecule has 0 N–H and O–H groups in total. The zero-order valence-electron chi connectivity index (χ0n) is 10.7. The molecule has 0 heterocycles. The van der Waals surface area contributed by atoms with Gasteiger partial charge in [-0.25, -0.2) is 0 Å². The lowest BCUT2D eigenvalue weighted by atomic mass is 10.0. The van der Waals surface area contributed by atoms with Crippen LogP contribution in [0.5, 0.6) is 0 Å². The number of alkyl halides is 1. The lowest BCUT2D eigenvalue weighted by Gasteiger charge is -2.17. The summed E-state index contributed by atoms with van der Waals surface area (Å²) in [6, 6.07) is 8.49. The van der Waals surface area contributed by atoms with Crippen LogP contribution in [0, 0.1) is 0 Å². The van der Waals surface area contributed by atoms with Crippen LogP contribution >= 0.6 is 15.9 Å². The highest BCUT2D eigenvalue weighted by Crippen LogP contribution is 2.15. The maximum atomic E-state index is 11.6. The van der Waals surface area contributed by atoms with Crippen LogP contribution < -0.4 is 0 Å². The highest BCUT2D eigenvalue weighted by molar-refractivity contribution is 9.09. The Bertz CT molecular complexity index is 359. The molecule has 1 aromatic carbocycles. The maximum Gasteiger partial charge on any atom is 0.223 e. The molecule has 0 aliphatic heterocycles. The predicted molar refractivity (Wildman–Crippen MR) is 75.4 cm³/mol. The molecule has 0 radical (unpaired) electrons. The first-order chi connectivity index (χ1) is 8.04. The molecule has 3 heteroatoms. The first kappa shape index (κ1) is 14.2. The highest BCUT2D eigenvalue weighted by atomic mass is 79.9. The monoisotopic (exact) mass is 297 g/mol. The number of hydrogen-bond acceptors (Lipinski definition) is 1. The Kier molecular flexibility index (Phi) is 5.69. The minimum absolute atomic E-state index is 0.176. The number of carbonyl (C=O) groups is 1. The number of benzene rings is 1. The molecule has 0 atom stereocenters. The van der Waals surface area contributed by atoms with Crippen LogP contribution in [0.25, 0.3) is 0 Å². The Morgan fingerprint density at radius 3 is 2.35 bits per heavy atom. The van der Waals surface area contributed by atoms with Gasteiger partial charge in [-0.1, -0.05) is 54.0 Å². The van der Waals surface area contributed by atoms with E-state index in [9.17, 15) is 4.79 Å². The maximum absolute atomic E-state index is 11.6. The molecule has 1 aromatic rings. The molecule has 1 amide bonds. The summed E-state index contributed by atoms with van der Waals surface area (Å²) in [6.07, 6.45) is 0.556. The van der Waals surface area contributed by atoms with E-state index < -0.39 is 0 Å². The van der Waals surface area contributed by atoms with Crippen LogP contribution in [0.1, 0.15) is 37.3 Å². The predicted octanol–water partition coefficient (Wildman–Crippen LogP) is 3.55. The SMILES string of the molecule is CC(C)c1ccc(CN(C)C(=O)CCBr)cc1. The highest BCUT2D eigenvalue weighted by Gasteiger charge is 2.08. The molecule has 0 aromatic heterocycles. The summed E-state index contributed by atoms with van der Waals surface area (Å²) >= 11 is 3.28. The fourth-order valence-corrected chi connectivity index (χ4v) is 1.98. The van der Waals surface area contributed by atoms with Crippen LogP contribution in [0.2, 0.25) is 0 Å². The zero-order chi connectivity index (χ0) is 12.8. The molecule has 0 fully saturated rings. The summed E-state index contributed by atoms with van der Waals surface area (Å²) < 4.78 is 0. The average molecular weight is 298 g/mol. The van der Waals surface area contributed by atoms with Crippen LogP contribution in [0.3, 0.4) is 0 Å². The molecule has 17 heavy (non-hydrogen) atoms. The third-order valence-corrected chi connectivity index (χ3v) is 3.20. The lowest BCUT2D eigenvalue weighted by molar-refractivity contribution is -0.129. The quantitative estimate of drug-likeness (QED) is 0.761. The van der Waals surface area contributed by atoms with Crippen LogP contribution in [-0.2, 0) is 11.3 Å². The molecular formula is C14H20BrNO. The molecule has 2 nitrogen and oxygen atoms in total. The second kappa shape index (κ2) is 6.80. The van der Waals surface area contributed by atoms with Gasteiger partial charge in [0.05, 0.1) is 0 Å². The van der Waals surface area contributed by atoms with Crippen molar-refractivity contribution in [1.29, 1.82) is 0 Å². The minimum atomic E-state index is 0.176. The van der Waals surface area contributed by atoms with Gasteiger partial charge in [0.2, 0.25) is 5.91 Å². The molecule has 0 aliphatic carbocycles. The summed E-state index contributed by atoms with van der Waals surface area (Å²) in [5, 5.41) is 0.725. The number of carbonyl (C=O) groups excluding carboxylic acids is 1. The van der Waals surface area contributed by atoms with E-state index in [0.29, 0.717) is 18.9 Å². The Labute approximate surface area is 112 Å². The number of nitrogens with zero attached hydrogens (tertiary/aromatic N) is 1. The lowest BCUT2D eigenvalue weighted by Crippen LogP contribution is -2.26. The Hall–Kier alpha value is -0.830. The van der Waals surface area contributed by atoms with Gasteiger partial charge in [0.1, 0.15) is 0 Å². The third-order valence-electron chi connectivity index (χ3n) is 2.80. The van der Waals surface area contributed by atoms with Gasteiger partial charge in [-0.3, -0.25) is 4.79 Å². The second-order valence-electron chi connectivity index (χ2n) is 4.59. The van der Waals surface area contributed by atoms with E-state index in [-0.39, 0.29) is 5.91 Å². The Morgan fingerprint density at radius 2 is 1.88 bits per heavy atom. The Balaban J connectivity index is 2.60. The van der Waals surface area contributed by atoms with Gasteiger partial charge >= 0.3 is 0 Å². The van der Waals surface area contributed by atoms with Crippen molar-refractivity contribution in [3.8, 4) is 0 Å². The van der Waals surface area contributed by atoms with Gasteiger partial charge < -0.3 is 4.90 Å². The molecular weight excluding hydrogens is 278 g/mol. The van der Waals surface area contributed by atoms with Gasteiger partial charge in [0, 0.05) is 25.3 Å². The van der Waals surface area contributed by atoms with Gasteiger partial charge in [-0.15, -0.1) is 0 Å². The number of hydrogen-bond donors (Lipinski definition) is 0. The normalized spacial score (nSPS) is 10.6. The Morgan fingerprint density at radius 1 is 1.29 bits per heavy atom. The van der Waals surface area contributed by atoms with E-state index in [1.165, 1.54) is 11.1 Å². The standard InChI is InChI=1S/C14H20BrNO/c1-11(2)13-6-4-12(5-7-13)10-16(3)14(17)8-9-15/h4-7,11H,8-10H2,1-3H3. The fraction of sp³-hybridized carbons (Fsp3) is 0.500. The van der Waals surface area contributed by atoms with Gasteiger partial charge in [0.25, 0.3) is 0 Å². The molecule has 1 rings (SSSR count). The molecule has 0 saturated carbocycles. The van der Waals surface area contributed by atoms with Gasteiger partial charge in [-0.05, 0) is 17.0 Å². The van der Waals surface area contributed by atoms with Crippen molar-refractivity contribution in [2.75, 3.05) is 12.4 Å². The van der Waals surface area contributed by atoms with Crippen molar-refractivity contribution in [2.24, 2.45) is 0 Å². The minimum Gasteiger partial charge on any atom is -0.341 e. The smallest absolute Gasteiger partial charge is 0.223 e. The molecule has 0 saturated heterocycles. The number of rotatable bonds is 5. The number of amides is 1. The third kappa shape index (κ3) is 4.50. The summed E-state index contributed by atoms with van der Waals surface area (Å²) in [5.74, 6) is 0.728. The van der Waals surface area contributed by atoms with Crippen molar-refractivity contribution < 1.29 is 4.79 Å². The second-order valence-corrected chi connectivity index (χ2v) is 5.38. The van der Waals surface area contributed by atoms with Crippen molar-refractivity contribution in [1.82, 2.24) is 4.90 Å². The number of halogens is 1. The van der Waals surface area contributed by atoms with Crippen molar-refractivity contribution in [3.05, 3.63) is 35.4 Å². The molecule has 94 valence electrons.